The number of aryl methyl sites for hydroxylation is 1. The van der Waals surface area contributed by atoms with Crippen molar-refractivity contribution in [2.45, 2.75) is 56.8 Å². The third-order valence-corrected chi connectivity index (χ3v) is 9.31. The highest BCUT2D eigenvalue weighted by Crippen LogP contribution is 2.41. The first-order chi connectivity index (χ1) is 19.8. The van der Waals surface area contributed by atoms with Crippen LogP contribution in [0.3, 0.4) is 0 Å². The van der Waals surface area contributed by atoms with Crippen LogP contribution in [0.5, 0.6) is 5.75 Å². The van der Waals surface area contributed by atoms with E-state index in [1.807, 2.05) is 42.3 Å². The van der Waals surface area contributed by atoms with Gasteiger partial charge in [0.1, 0.15) is 11.3 Å². The molecule has 0 radical (unpaired) electrons. The van der Waals surface area contributed by atoms with E-state index in [9.17, 15) is 9.59 Å². The van der Waals surface area contributed by atoms with Crippen LogP contribution in [0.15, 0.2) is 36.4 Å². The van der Waals surface area contributed by atoms with Crippen molar-refractivity contribution in [2.24, 2.45) is 18.7 Å². The van der Waals surface area contributed by atoms with E-state index in [2.05, 4.69) is 15.2 Å². The van der Waals surface area contributed by atoms with Crippen molar-refractivity contribution < 1.29 is 19.1 Å². The van der Waals surface area contributed by atoms with Crippen LogP contribution in [0.25, 0.3) is 33.5 Å². The second-order valence-electron chi connectivity index (χ2n) is 11.8. The van der Waals surface area contributed by atoms with Gasteiger partial charge in [-0.3, -0.25) is 9.69 Å². The molecule has 3 fully saturated rings. The van der Waals surface area contributed by atoms with Gasteiger partial charge in [-0.15, -0.1) is 0 Å². The Hall–Kier alpha value is -4.05. The molecule has 2 aromatic carbocycles. The number of nitrogens with two attached hydrogens (primary N) is 1. The number of anilines is 1. The molecule has 2 aromatic heterocycles. The highest BCUT2D eigenvalue weighted by Gasteiger charge is 2.47. The van der Waals surface area contributed by atoms with E-state index in [-0.39, 0.29) is 24.0 Å². The fourth-order valence-corrected chi connectivity index (χ4v) is 6.95. The van der Waals surface area contributed by atoms with Gasteiger partial charge in [0.2, 0.25) is 0 Å². The van der Waals surface area contributed by atoms with Crippen molar-refractivity contribution in [3.05, 3.63) is 42.0 Å². The van der Waals surface area contributed by atoms with Crippen molar-refractivity contribution in [3.63, 3.8) is 0 Å². The number of nitrogens with zero attached hydrogens (tertiary/aromatic N) is 5. The molecule has 10 heteroatoms. The van der Waals surface area contributed by atoms with E-state index in [0.29, 0.717) is 17.2 Å². The summed E-state index contributed by atoms with van der Waals surface area (Å²) < 4.78 is 15.1. The Morgan fingerprint density at radius 3 is 2.56 bits per heavy atom. The summed E-state index contributed by atoms with van der Waals surface area (Å²) in [5.74, 6) is 2.03. The molecule has 2 amide bonds. The summed E-state index contributed by atoms with van der Waals surface area (Å²) in [6.45, 7) is 0.867. The van der Waals surface area contributed by atoms with E-state index in [1.54, 1.807) is 14.2 Å². The molecule has 41 heavy (non-hydrogen) atoms. The predicted molar refractivity (Wildman–Crippen MR) is 157 cm³/mol. The summed E-state index contributed by atoms with van der Waals surface area (Å²) in [6, 6.07) is 12.3. The van der Waals surface area contributed by atoms with Gasteiger partial charge in [-0.05, 0) is 68.4 Å². The average molecular weight is 557 g/mol. The minimum absolute atomic E-state index is 0.00274. The van der Waals surface area contributed by atoms with Gasteiger partial charge < -0.3 is 29.2 Å². The first-order valence-electron chi connectivity index (χ1n) is 14.4. The Bertz CT molecular complexity index is 1700. The maximum Gasteiger partial charge on any atom is 0.413 e. The lowest BCUT2D eigenvalue weighted by atomic mass is 9.97. The molecule has 2 aliphatic heterocycles. The summed E-state index contributed by atoms with van der Waals surface area (Å²) in [7, 11) is 6.72. The van der Waals surface area contributed by atoms with Crippen LogP contribution < -0.4 is 15.4 Å². The van der Waals surface area contributed by atoms with Crippen molar-refractivity contribution in [2.75, 3.05) is 26.2 Å². The molecule has 4 aromatic rings. The molecule has 2 N–H and O–H groups in total. The quantitative estimate of drug-likeness (QED) is 0.374. The van der Waals surface area contributed by atoms with Gasteiger partial charge in [-0.1, -0.05) is 6.07 Å². The lowest BCUT2D eigenvalue weighted by molar-refractivity contribution is 0.0726. The number of hydrogen-bond acceptors (Lipinski definition) is 6. The topological polar surface area (TPSA) is 108 Å². The Labute approximate surface area is 238 Å². The molecule has 3 aliphatic rings. The molecule has 7 rings (SSSR count). The number of methoxy groups -OCH3 is 2. The molecule has 1 saturated carbocycles. The largest absolute Gasteiger partial charge is 0.494 e. The summed E-state index contributed by atoms with van der Waals surface area (Å²) in [5, 5.41) is 1.07. The molecule has 1 aliphatic carbocycles. The number of imidazole rings is 1. The van der Waals surface area contributed by atoms with Crippen LogP contribution in [-0.2, 0) is 18.3 Å². The van der Waals surface area contributed by atoms with E-state index in [0.717, 1.165) is 64.9 Å². The van der Waals surface area contributed by atoms with E-state index >= 15 is 0 Å². The Balaban J connectivity index is 1.34. The summed E-state index contributed by atoms with van der Waals surface area (Å²) >= 11 is 0. The smallest absolute Gasteiger partial charge is 0.413 e. The van der Waals surface area contributed by atoms with Gasteiger partial charge in [0.25, 0.3) is 5.91 Å². The van der Waals surface area contributed by atoms with E-state index < -0.39 is 6.09 Å². The molecule has 0 spiro atoms. The second-order valence-corrected chi connectivity index (χ2v) is 11.8. The van der Waals surface area contributed by atoms with Crippen LogP contribution in [0, 0.1) is 5.92 Å². The molecule has 3 atom stereocenters. The fraction of sp³-hybridized carbons (Fsp3) is 0.452. The van der Waals surface area contributed by atoms with Gasteiger partial charge in [0, 0.05) is 55.4 Å². The molecule has 4 heterocycles. The third kappa shape index (κ3) is 4.07. The second kappa shape index (κ2) is 9.51. The summed E-state index contributed by atoms with van der Waals surface area (Å²) in [6.07, 6.45) is 4.83. The van der Waals surface area contributed by atoms with Crippen LogP contribution in [-0.4, -0.2) is 70.4 Å². The minimum atomic E-state index is -0.415. The van der Waals surface area contributed by atoms with Gasteiger partial charge in [0.15, 0.2) is 5.82 Å². The van der Waals surface area contributed by atoms with Gasteiger partial charge in [-0.25, -0.2) is 9.78 Å². The highest BCUT2D eigenvalue weighted by molar-refractivity contribution is 6.01. The number of hydrogen-bond donors (Lipinski definition) is 1. The van der Waals surface area contributed by atoms with Crippen molar-refractivity contribution >= 4 is 39.6 Å². The third-order valence-electron chi connectivity index (χ3n) is 9.31. The maximum atomic E-state index is 13.7. The van der Waals surface area contributed by atoms with Crippen molar-refractivity contribution in [1.29, 1.82) is 0 Å². The maximum absolute atomic E-state index is 13.7. The van der Waals surface area contributed by atoms with Crippen LogP contribution >= 0.6 is 0 Å². The standard InChI is InChI=1S/C31H36N6O4/c1-34(31(39)41-4)20-8-7-18-12-26(36(25(18)15-20)16-17-5-6-17)29-33-23-11-19(13-27(40-3)28(23)35(29)2)30(38)37-21-9-10-24(37)22(32)14-21/h7-8,11-13,15,17,21-22,24H,5-6,9-10,14,16,32H2,1-4H3/t21-,22+,24+/m0/s1. The number of ether oxygens (including phenoxy) is 2. The molecular formula is C31H36N6O4. The SMILES string of the molecule is COC(=O)N(C)c1ccc2cc(-c3nc4cc(C(=O)N5[C@H]6CC[C@@H]5[C@H](N)C6)cc(OC)c4n3C)n(CC3CC3)c2c1. The molecule has 10 nitrogen and oxygen atoms in total. The summed E-state index contributed by atoms with van der Waals surface area (Å²) in [4.78, 5) is 34.5. The lowest BCUT2D eigenvalue weighted by Gasteiger charge is -2.23. The zero-order chi connectivity index (χ0) is 28.6. The predicted octanol–water partition coefficient (Wildman–Crippen LogP) is 4.52. The Kier molecular flexibility index (Phi) is 6.01. The monoisotopic (exact) mass is 556 g/mol. The van der Waals surface area contributed by atoms with Gasteiger partial charge >= 0.3 is 6.09 Å². The highest BCUT2D eigenvalue weighted by atomic mass is 16.5. The van der Waals surface area contributed by atoms with Gasteiger partial charge in [-0.2, -0.15) is 0 Å². The zero-order valence-corrected chi connectivity index (χ0v) is 24.0. The molecule has 2 bridgehead atoms. The first-order valence-corrected chi connectivity index (χ1v) is 14.4. The van der Waals surface area contributed by atoms with Crippen LogP contribution in [0.1, 0.15) is 42.5 Å². The fourth-order valence-electron chi connectivity index (χ4n) is 6.95. The van der Waals surface area contributed by atoms with Crippen LogP contribution in [0.2, 0.25) is 0 Å². The number of fused-ring (bicyclic) bond motifs is 4. The Morgan fingerprint density at radius 1 is 1.10 bits per heavy atom. The number of aromatic nitrogens is 3. The van der Waals surface area contributed by atoms with E-state index in [4.69, 9.17) is 20.2 Å². The van der Waals surface area contributed by atoms with Crippen molar-refractivity contribution in [3.8, 4) is 17.3 Å². The number of carbonyl (C=O) groups is 2. The van der Waals surface area contributed by atoms with Gasteiger partial charge in [0.05, 0.1) is 30.9 Å². The summed E-state index contributed by atoms with van der Waals surface area (Å²) in [5.41, 5.74) is 11.3. The Morgan fingerprint density at radius 2 is 1.90 bits per heavy atom. The zero-order valence-electron chi connectivity index (χ0n) is 24.0. The average Bonchev–Trinajstić information content (AvgIpc) is 3.30. The van der Waals surface area contributed by atoms with Crippen molar-refractivity contribution in [1.82, 2.24) is 19.0 Å². The minimum Gasteiger partial charge on any atom is -0.494 e. The number of benzene rings is 2. The van der Waals surface area contributed by atoms with Crippen LogP contribution in [0.4, 0.5) is 10.5 Å². The normalized spacial score (nSPS) is 21.7. The number of amides is 2. The molecular weight excluding hydrogens is 520 g/mol. The molecule has 2 saturated heterocycles. The lowest BCUT2D eigenvalue weighted by Crippen LogP contribution is -2.40. The van der Waals surface area contributed by atoms with E-state index in [1.165, 1.54) is 24.9 Å². The number of rotatable bonds is 6. The number of carbonyl (C=O) groups excluding carboxylic acids is 2. The first kappa shape index (κ1) is 25.9. The molecule has 0 unspecified atom stereocenters. The molecule has 214 valence electrons.